The van der Waals surface area contributed by atoms with Gasteiger partial charge in [0, 0.05) is 11.3 Å². The molecule has 2 nitrogen and oxygen atoms in total. The lowest BCUT2D eigenvalue weighted by Gasteiger charge is -1.99. The van der Waals surface area contributed by atoms with Crippen LogP contribution >= 0.6 is 0 Å². The van der Waals surface area contributed by atoms with Gasteiger partial charge in [0.2, 0.25) is 0 Å². The molecule has 0 saturated heterocycles. The predicted molar refractivity (Wildman–Crippen MR) is 50.0 cm³/mol. The molecule has 12 heavy (non-hydrogen) atoms. The number of ketones is 1. The van der Waals surface area contributed by atoms with Crippen molar-refractivity contribution in [2.24, 2.45) is 0 Å². The van der Waals surface area contributed by atoms with E-state index in [2.05, 4.69) is 6.58 Å². The summed E-state index contributed by atoms with van der Waals surface area (Å²) in [4.78, 5) is 11.3. The van der Waals surface area contributed by atoms with Crippen molar-refractivity contribution in [1.82, 2.24) is 0 Å². The molecule has 0 amide bonds. The maximum absolute atomic E-state index is 11.3. The Hall–Kier alpha value is -1.57. The maximum Gasteiger partial charge on any atom is 0.188 e. The fraction of sp³-hybridized carbons (Fsp3) is 0.100. The first kappa shape index (κ1) is 8.53. The number of benzene rings is 1. The van der Waals surface area contributed by atoms with Crippen LogP contribution in [0.15, 0.2) is 36.4 Å². The summed E-state index contributed by atoms with van der Waals surface area (Å²) < 4.78 is 0. The Morgan fingerprint density at radius 1 is 1.50 bits per heavy atom. The Bertz CT molecular complexity index is 328. The third-order valence-electron chi connectivity index (χ3n) is 1.54. The molecule has 0 aromatic heterocycles. The molecule has 0 aliphatic heterocycles. The molecule has 0 aliphatic rings. The van der Waals surface area contributed by atoms with E-state index < -0.39 is 0 Å². The monoisotopic (exact) mass is 161 g/mol. The highest BCUT2D eigenvalue weighted by molar-refractivity contribution is 6.08. The fourth-order valence-electron chi connectivity index (χ4n) is 0.926. The van der Waals surface area contributed by atoms with E-state index in [1.165, 1.54) is 0 Å². The minimum Gasteiger partial charge on any atom is -0.399 e. The van der Waals surface area contributed by atoms with E-state index >= 15 is 0 Å². The van der Waals surface area contributed by atoms with E-state index in [-0.39, 0.29) is 5.78 Å². The van der Waals surface area contributed by atoms with Crippen LogP contribution in [0.5, 0.6) is 0 Å². The molecular formula is C10H11NO. The summed E-state index contributed by atoms with van der Waals surface area (Å²) >= 11 is 0. The van der Waals surface area contributed by atoms with E-state index in [0.29, 0.717) is 16.8 Å². The predicted octanol–water partition coefficient (Wildman–Crippen LogP) is 2.03. The lowest BCUT2D eigenvalue weighted by Crippen LogP contribution is -1.99. The Labute approximate surface area is 71.7 Å². The average Bonchev–Trinajstić information content (AvgIpc) is 2.03. The number of anilines is 1. The maximum atomic E-state index is 11.3. The van der Waals surface area contributed by atoms with E-state index in [9.17, 15) is 4.79 Å². The van der Waals surface area contributed by atoms with Gasteiger partial charge < -0.3 is 5.73 Å². The summed E-state index contributed by atoms with van der Waals surface area (Å²) in [5, 5.41) is 0. The number of nitrogen functional groups attached to an aromatic ring is 1. The van der Waals surface area contributed by atoms with Crippen LogP contribution in [-0.4, -0.2) is 5.78 Å². The zero-order valence-electron chi connectivity index (χ0n) is 7.00. The van der Waals surface area contributed by atoms with Crippen LogP contribution in [0.2, 0.25) is 0 Å². The number of nitrogens with two attached hydrogens (primary N) is 1. The van der Waals surface area contributed by atoms with Crippen molar-refractivity contribution in [3.05, 3.63) is 42.0 Å². The van der Waals surface area contributed by atoms with E-state index in [1.807, 2.05) is 0 Å². The van der Waals surface area contributed by atoms with Crippen molar-refractivity contribution in [2.75, 3.05) is 5.73 Å². The summed E-state index contributed by atoms with van der Waals surface area (Å²) in [5.74, 6) is -0.0534. The van der Waals surface area contributed by atoms with Crippen LogP contribution in [0.25, 0.3) is 0 Å². The molecule has 0 unspecified atom stereocenters. The summed E-state index contributed by atoms with van der Waals surface area (Å²) in [7, 11) is 0. The second-order valence-electron chi connectivity index (χ2n) is 2.73. The largest absolute Gasteiger partial charge is 0.399 e. The standard InChI is InChI=1S/C10H11NO/c1-7(2)10(12)8-4-3-5-9(11)6-8/h3-6H,1,11H2,2H3. The zero-order chi connectivity index (χ0) is 9.14. The molecule has 0 saturated carbocycles. The number of hydrogen-bond donors (Lipinski definition) is 1. The summed E-state index contributed by atoms with van der Waals surface area (Å²) in [6.45, 7) is 5.26. The highest BCUT2D eigenvalue weighted by Crippen LogP contribution is 2.10. The third kappa shape index (κ3) is 1.72. The topological polar surface area (TPSA) is 43.1 Å². The average molecular weight is 161 g/mol. The summed E-state index contributed by atoms with van der Waals surface area (Å²) in [6.07, 6.45) is 0. The van der Waals surface area contributed by atoms with Gasteiger partial charge in [0.15, 0.2) is 5.78 Å². The number of carbonyl (C=O) groups excluding carboxylic acids is 1. The smallest absolute Gasteiger partial charge is 0.188 e. The first-order valence-electron chi connectivity index (χ1n) is 3.67. The molecule has 2 heteroatoms. The third-order valence-corrected chi connectivity index (χ3v) is 1.54. The van der Waals surface area contributed by atoms with Crippen LogP contribution in [0.4, 0.5) is 5.69 Å². The number of carbonyl (C=O) groups is 1. The number of rotatable bonds is 2. The molecule has 0 atom stereocenters. The van der Waals surface area contributed by atoms with Crippen LogP contribution in [0.1, 0.15) is 17.3 Å². The van der Waals surface area contributed by atoms with Gasteiger partial charge in [0.1, 0.15) is 0 Å². The first-order chi connectivity index (χ1) is 5.61. The van der Waals surface area contributed by atoms with Crippen molar-refractivity contribution >= 4 is 11.5 Å². The molecule has 0 aliphatic carbocycles. The van der Waals surface area contributed by atoms with Gasteiger partial charge in [-0.05, 0) is 24.6 Å². The van der Waals surface area contributed by atoms with Gasteiger partial charge in [0.25, 0.3) is 0 Å². The summed E-state index contributed by atoms with van der Waals surface area (Å²) in [6, 6.07) is 6.88. The van der Waals surface area contributed by atoms with Gasteiger partial charge in [-0.15, -0.1) is 0 Å². The SMILES string of the molecule is C=C(C)C(=O)c1cccc(N)c1. The number of hydrogen-bond acceptors (Lipinski definition) is 2. The van der Waals surface area contributed by atoms with Gasteiger partial charge in [0.05, 0.1) is 0 Å². The van der Waals surface area contributed by atoms with Crippen LogP contribution in [0.3, 0.4) is 0 Å². The minimum absolute atomic E-state index is 0.0534. The number of Topliss-reactive ketones (excluding diaryl/α,β-unsaturated/α-hetero) is 1. The van der Waals surface area contributed by atoms with Gasteiger partial charge in [-0.2, -0.15) is 0 Å². The van der Waals surface area contributed by atoms with Crippen molar-refractivity contribution in [2.45, 2.75) is 6.92 Å². The Kier molecular flexibility index (Phi) is 2.29. The molecule has 0 radical (unpaired) electrons. The highest BCUT2D eigenvalue weighted by atomic mass is 16.1. The van der Waals surface area contributed by atoms with Crippen LogP contribution in [-0.2, 0) is 0 Å². The zero-order valence-corrected chi connectivity index (χ0v) is 7.00. The number of allylic oxidation sites excluding steroid dienone is 1. The van der Waals surface area contributed by atoms with Crippen molar-refractivity contribution < 1.29 is 4.79 Å². The Morgan fingerprint density at radius 2 is 2.17 bits per heavy atom. The van der Waals surface area contributed by atoms with E-state index in [4.69, 9.17) is 5.73 Å². The van der Waals surface area contributed by atoms with Gasteiger partial charge in [-0.3, -0.25) is 4.79 Å². The van der Waals surface area contributed by atoms with Gasteiger partial charge in [-0.1, -0.05) is 18.7 Å². The van der Waals surface area contributed by atoms with E-state index in [1.54, 1.807) is 31.2 Å². The molecule has 2 N–H and O–H groups in total. The van der Waals surface area contributed by atoms with Crippen molar-refractivity contribution in [1.29, 1.82) is 0 Å². The lowest BCUT2D eigenvalue weighted by atomic mass is 10.1. The molecule has 0 spiro atoms. The van der Waals surface area contributed by atoms with Crippen LogP contribution in [0, 0.1) is 0 Å². The molecular weight excluding hydrogens is 150 g/mol. The Balaban J connectivity index is 3.04. The van der Waals surface area contributed by atoms with Gasteiger partial charge >= 0.3 is 0 Å². The van der Waals surface area contributed by atoms with Crippen molar-refractivity contribution in [3.8, 4) is 0 Å². The highest BCUT2D eigenvalue weighted by Gasteiger charge is 2.04. The molecule has 1 aromatic rings. The second kappa shape index (κ2) is 3.22. The molecule has 62 valence electrons. The minimum atomic E-state index is -0.0534. The molecule has 1 aromatic carbocycles. The molecule has 0 heterocycles. The Morgan fingerprint density at radius 3 is 2.67 bits per heavy atom. The summed E-state index contributed by atoms with van der Waals surface area (Å²) in [5.41, 5.74) is 7.24. The van der Waals surface area contributed by atoms with Crippen LogP contribution < -0.4 is 5.73 Å². The van der Waals surface area contributed by atoms with Crippen molar-refractivity contribution in [3.63, 3.8) is 0 Å². The molecule has 1 rings (SSSR count). The van der Waals surface area contributed by atoms with Gasteiger partial charge in [-0.25, -0.2) is 0 Å². The second-order valence-corrected chi connectivity index (χ2v) is 2.73. The first-order valence-corrected chi connectivity index (χ1v) is 3.67. The molecule has 0 fully saturated rings. The van der Waals surface area contributed by atoms with E-state index in [0.717, 1.165) is 0 Å². The quantitative estimate of drug-likeness (QED) is 0.409. The normalized spacial score (nSPS) is 9.42. The lowest BCUT2D eigenvalue weighted by molar-refractivity contribution is 0.103. The molecule has 0 bridgehead atoms. The fourth-order valence-corrected chi connectivity index (χ4v) is 0.926.